The highest BCUT2D eigenvalue weighted by Crippen LogP contribution is 2.25. The summed E-state index contributed by atoms with van der Waals surface area (Å²) in [5.74, 6) is 0. The Balaban J connectivity index is 1.32. The Bertz CT molecular complexity index is 1710. The number of aliphatic hydroxyl groups excluding tert-OH is 2. The van der Waals surface area contributed by atoms with E-state index in [4.69, 9.17) is 48.1 Å². The maximum Gasteiger partial charge on any atom is 0.408 e. The van der Waals surface area contributed by atoms with Crippen molar-refractivity contribution < 1.29 is 52.7 Å². The molecule has 0 radical (unpaired) electrons. The average molecular weight is 890 g/mol. The van der Waals surface area contributed by atoms with Crippen molar-refractivity contribution in [3.63, 3.8) is 0 Å². The van der Waals surface area contributed by atoms with Crippen LogP contribution in [0.15, 0.2) is 92.1 Å². The summed E-state index contributed by atoms with van der Waals surface area (Å²) >= 11 is 2.97. The van der Waals surface area contributed by atoms with Crippen LogP contribution in [0, 0.1) is 0 Å². The highest BCUT2D eigenvalue weighted by Gasteiger charge is 2.13. The van der Waals surface area contributed by atoms with Crippen LogP contribution >= 0.6 is 22.7 Å². The van der Waals surface area contributed by atoms with Crippen molar-refractivity contribution in [3.05, 3.63) is 71.7 Å². The SMILES string of the molecule is C[n+]1ccsc1N=Nc1ccc(N(CCOCCOCCOCCOCCO)CCN(CCOCCOCCOCCOCCO)c2ccc(N=Nc3nccs3)cc2)cc1. The number of azo groups is 2. The molecular weight excluding hydrogens is 829 g/mol. The van der Waals surface area contributed by atoms with Crippen LogP contribution < -0.4 is 14.4 Å². The van der Waals surface area contributed by atoms with Crippen LogP contribution in [0.25, 0.3) is 0 Å². The van der Waals surface area contributed by atoms with Crippen LogP contribution in [0.1, 0.15) is 0 Å². The van der Waals surface area contributed by atoms with Crippen molar-refractivity contribution in [2.75, 3.05) is 155 Å². The first-order chi connectivity index (χ1) is 30.2. The topological polar surface area (TPSA) is 187 Å². The monoisotopic (exact) mass is 889 g/mol. The quantitative estimate of drug-likeness (QED) is 0.0338. The van der Waals surface area contributed by atoms with Crippen LogP contribution in [-0.4, -0.2) is 160 Å². The predicted molar refractivity (Wildman–Crippen MR) is 234 cm³/mol. The van der Waals surface area contributed by atoms with Crippen LogP contribution in [0.5, 0.6) is 0 Å². The molecule has 18 nitrogen and oxygen atoms in total. The van der Waals surface area contributed by atoms with E-state index in [1.54, 1.807) is 6.20 Å². The smallest absolute Gasteiger partial charge is 0.394 e. The second-order valence-electron chi connectivity index (χ2n) is 12.9. The number of ether oxygens (including phenoxy) is 8. The zero-order valence-corrected chi connectivity index (χ0v) is 36.7. The molecule has 4 aromatic rings. The Hall–Kier alpha value is -3.90. The van der Waals surface area contributed by atoms with Gasteiger partial charge in [0.05, 0.1) is 137 Å². The molecule has 4 rings (SSSR count). The van der Waals surface area contributed by atoms with E-state index in [-0.39, 0.29) is 13.2 Å². The highest BCUT2D eigenvalue weighted by atomic mass is 32.1. The molecule has 0 amide bonds. The minimum Gasteiger partial charge on any atom is -0.394 e. The van der Waals surface area contributed by atoms with Gasteiger partial charge in [-0.2, -0.15) is 0 Å². The predicted octanol–water partition coefficient (Wildman–Crippen LogP) is 5.29. The number of hydrogen-bond donors (Lipinski definition) is 2. The Morgan fingerprint density at radius 3 is 1.28 bits per heavy atom. The maximum absolute atomic E-state index is 8.77. The Morgan fingerprint density at radius 2 is 0.902 bits per heavy atom. The normalized spacial score (nSPS) is 11.7. The van der Waals surface area contributed by atoms with Crippen molar-refractivity contribution >= 4 is 55.7 Å². The average Bonchev–Trinajstić information content (AvgIpc) is 3.97. The van der Waals surface area contributed by atoms with Gasteiger partial charge in [-0.15, -0.1) is 21.6 Å². The molecule has 2 heterocycles. The molecule has 2 aromatic carbocycles. The van der Waals surface area contributed by atoms with E-state index >= 15 is 0 Å². The lowest BCUT2D eigenvalue weighted by Gasteiger charge is -2.30. The lowest BCUT2D eigenvalue weighted by Crippen LogP contribution is -2.38. The van der Waals surface area contributed by atoms with E-state index in [0.717, 1.165) is 27.9 Å². The standard InChI is InChI=1S/C41H61N8O10S2/c1-47-15-35-61-41(47)46-44-37-4-8-39(9-5-37)49(14-19-53-23-27-57-31-33-59-29-25-55-21-17-51)12-11-48(13-18-52-22-26-56-30-32-58-28-24-54-20-16-50)38-6-2-36(3-7-38)43-45-40-42-10-34-60-40/h2-10,15,34-35,50-51H,11-14,16-33H2,1H3/q+1. The van der Waals surface area contributed by atoms with Gasteiger partial charge in [-0.05, 0) is 65.0 Å². The third-order valence-electron chi connectivity index (χ3n) is 8.46. The summed E-state index contributed by atoms with van der Waals surface area (Å²) in [6, 6.07) is 16.1. The molecule has 0 atom stereocenters. The number of aryl methyl sites for hydroxylation is 1. The number of benzene rings is 2. The van der Waals surface area contributed by atoms with E-state index in [9.17, 15) is 0 Å². The minimum atomic E-state index is 0.00284. The van der Waals surface area contributed by atoms with Crippen molar-refractivity contribution in [2.45, 2.75) is 0 Å². The van der Waals surface area contributed by atoms with Gasteiger partial charge < -0.3 is 57.9 Å². The third kappa shape index (κ3) is 22.1. The van der Waals surface area contributed by atoms with Gasteiger partial charge in [0.15, 0.2) is 0 Å². The summed E-state index contributed by atoms with van der Waals surface area (Å²) in [6.07, 6.45) is 3.66. The molecule has 20 heteroatoms. The lowest BCUT2D eigenvalue weighted by atomic mass is 10.2. The molecule has 61 heavy (non-hydrogen) atoms. The van der Waals surface area contributed by atoms with Crippen molar-refractivity contribution in [1.82, 2.24) is 4.98 Å². The molecule has 0 aliphatic rings. The zero-order chi connectivity index (χ0) is 42.8. The first-order valence-electron chi connectivity index (χ1n) is 20.4. The van der Waals surface area contributed by atoms with Crippen LogP contribution in [0.3, 0.4) is 0 Å². The fraction of sp³-hybridized carbons (Fsp3) is 0.561. The lowest BCUT2D eigenvalue weighted by molar-refractivity contribution is -0.654. The Labute approximate surface area is 366 Å². The van der Waals surface area contributed by atoms with Crippen molar-refractivity contribution in [3.8, 4) is 0 Å². The molecular formula is C41H61N8O10S2+. The van der Waals surface area contributed by atoms with Crippen molar-refractivity contribution in [1.29, 1.82) is 0 Å². The number of rotatable bonds is 37. The number of thiazole rings is 2. The van der Waals surface area contributed by atoms with E-state index in [1.807, 2.05) is 65.0 Å². The summed E-state index contributed by atoms with van der Waals surface area (Å²) in [7, 11) is 1.95. The van der Waals surface area contributed by atoms with Gasteiger partial charge in [-0.3, -0.25) is 0 Å². The van der Waals surface area contributed by atoms with Gasteiger partial charge in [0.1, 0.15) is 11.9 Å². The van der Waals surface area contributed by atoms with E-state index in [0.29, 0.717) is 137 Å². The number of aliphatic hydroxyl groups is 2. The number of nitrogens with zero attached hydrogens (tertiary/aromatic N) is 8. The Kier molecular flexibility index (Phi) is 26.7. The van der Waals surface area contributed by atoms with Gasteiger partial charge in [0.2, 0.25) is 5.13 Å². The summed E-state index contributed by atoms with van der Waals surface area (Å²) in [4.78, 5) is 8.77. The number of hydrogen-bond acceptors (Lipinski definition) is 19. The zero-order valence-electron chi connectivity index (χ0n) is 35.0. The second kappa shape index (κ2) is 32.8. The van der Waals surface area contributed by atoms with Gasteiger partial charge in [-0.1, -0.05) is 0 Å². The largest absolute Gasteiger partial charge is 0.408 e. The number of anilines is 2. The summed E-state index contributed by atoms with van der Waals surface area (Å²) in [5.41, 5.74) is 3.56. The van der Waals surface area contributed by atoms with Gasteiger partial charge in [-0.25, -0.2) is 9.55 Å². The summed E-state index contributed by atoms with van der Waals surface area (Å²) in [5, 5.41) is 40.3. The molecule has 0 aliphatic heterocycles. The minimum absolute atomic E-state index is 0.00284. The molecule has 0 fully saturated rings. The fourth-order valence-electron chi connectivity index (χ4n) is 5.33. The summed E-state index contributed by atoms with van der Waals surface area (Å²) in [6.45, 7) is 9.82. The molecule has 2 aromatic heterocycles. The van der Waals surface area contributed by atoms with E-state index < -0.39 is 0 Å². The van der Waals surface area contributed by atoms with Gasteiger partial charge >= 0.3 is 5.13 Å². The molecule has 0 saturated carbocycles. The van der Waals surface area contributed by atoms with E-state index in [2.05, 4.69) is 47.4 Å². The molecule has 0 spiro atoms. The second-order valence-corrected chi connectivity index (χ2v) is 14.6. The molecule has 0 saturated heterocycles. The van der Waals surface area contributed by atoms with Crippen LogP contribution in [0.4, 0.5) is 33.0 Å². The molecule has 0 bridgehead atoms. The number of aromatic nitrogens is 2. The van der Waals surface area contributed by atoms with Gasteiger partial charge in [0.25, 0.3) is 0 Å². The van der Waals surface area contributed by atoms with Crippen molar-refractivity contribution in [2.24, 2.45) is 27.5 Å². The third-order valence-corrected chi connectivity index (χ3v) is 9.96. The van der Waals surface area contributed by atoms with Crippen LogP contribution in [-0.2, 0) is 44.9 Å². The summed E-state index contributed by atoms with van der Waals surface area (Å²) < 4.78 is 46.6. The fourth-order valence-corrected chi connectivity index (χ4v) is 6.47. The molecule has 2 N–H and O–H groups in total. The molecule has 336 valence electrons. The molecule has 0 unspecified atom stereocenters. The first kappa shape index (κ1) is 49.8. The van der Waals surface area contributed by atoms with Gasteiger partial charge in [0, 0.05) is 54.5 Å². The van der Waals surface area contributed by atoms with Crippen LogP contribution in [0.2, 0.25) is 0 Å². The maximum atomic E-state index is 8.77. The molecule has 0 aliphatic carbocycles. The highest BCUT2D eigenvalue weighted by molar-refractivity contribution is 7.13. The van der Waals surface area contributed by atoms with E-state index in [1.165, 1.54) is 22.7 Å². The Morgan fingerprint density at radius 1 is 0.492 bits per heavy atom. The first-order valence-corrected chi connectivity index (χ1v) is 22.1.